The lowest BCUT2D eigenvalue weighted by atomic mass is 10.2. The summed E-state index contributed by atoms with van der Waals surface area (Å²) in [7, 11) is 0. The molecule has 0 aromatic heterocycles. The molecule has 0 aromatic rings. The average Bonchev–Trinajstić information content (AvgIpc) is 1.87. The summed E-state index contributed by atoms with van der Waals surface area (Å²) in [5.41, 5.74) is 0. The van der Waals surface area contributed by atoms with E-state index in [0.717, 1.165) is 6.42 Å². The molecule has 1 unspecified atom stereocenters. The van der Waals surface area contributed by atoms with Gasteiger partial charge in [0.1, 0.15) is 0 Å². The zero-order chi connectivity index (χ0) is 8.85. The predicted octanol–water partition coefficient (Wildman–Crippen LogP) is 2.07. The van der Waals surface area contributed by atoms with E-state index in [0.29, 0.717) is 11.2 Å². The van der Waals surface area contributed by atoms with Crippen LogP contribution in [0.1, 0.15) is 33.6 Å². The molecule has 0 aliphatic heterocycles. The van der Waals surface area contributed by atoms with Crippen molar-refractivity contribution in [3.05, 3.63) is 0 Å². The molecule has 0 saturated heterocycles. The highest BCUT2D eigenvalue weighted by molar-refractivity contribution is 9.09. The van der Waals surface area contributed by atoms with E-state index in [2.05, 4.69) is 21.2 Å². The second-order valence-electron chi connectivity index (χ2n) is 2.78. The van der Waals surface area contributed by atoms with Gasteiger partial charge in [-0.1, -0.05) is 29.8 Å². The third-order valence-corrected chi connectivity index (χ3v) is 2.35. The summed E-state index contributed by atoms with van der Waals surface area (Å²) in [6.45, 7) is 6.02. The second kappa shape index (κ2) is 5.58. The minimum atomic E-state index is 0.145. The number of nitrogens with one attached hydrogen (secondary N) is 1. The molecule has 0 aromatic carbocycles. The van der Waals surface area contributed by atoms with E-state index in [4.69, 9.17) is 0 Å². The molecule has 0 aliphatic rings. The van der Waals surface area contributed by atoms with Gasteiger partial charge in [-0.05, 0) is 13.3 Å². The van der Waals surface area contributed by atoms with Crippen molar-refractivity contribution in [2.24, 2.45) is 0 Å². The van der Waals surface area contributed by atoms with Gasteiger partial charge in [0, 0.05) is 17.3 Å². The average molecular weight is 222 g/mol. The van der Waals surface area contributed by atoms with Gasteiger partial charge in [0.15, 0.2) is 0 Å². The molecule has 0 radical (unpaired) electrons. The van der Waals surface area contributed by atoms with E-state index in [-0.39, 0.29) is 11.9 Å². The van der Waals surface area contributed by atoms with Crippen LogP contribution >= 0.6 is 15.9 Å². The molecule has 0 heterocycles. The Kier molecular flexibility index (Phi) is 5.56. The largest absolute Gasteiger partial charge is 0.353 e. The number of carbonyl (C=O) groups excluding carboxylic acids is 1. The molecule has 66 valence electrons. The maximum Gasteiger partial charge on any atom is 0.220 e. The number of rotatable bonds is 4. The van der Waals surface area contributed by atoms with Gasteiger partial charge in [-0.15, -0.1) is 0 Å². The molecule has 2 nitrogen and oxygen atoms in total. The third-order valence-electron chi connectivity index (χ3n) is 1.55. The Morgan fingerprint density at radius 1 is 1.55 bits per heavy atom. The predicted molar refractivity (Wildman–Crippen MR) is 50.9 cm³/mol. The number of halogens is 1. The zero-order valence-corrected chi connectivity index (χ0v) is 8.94. The fraction of sp³-hybridized carbons (Fsp3) is 0.875. The van der Waals surface area contributed by atoms with E-state index < -0.39 is 0 Å². The van der Waals surface area contributed by atoms with Crippen molar-refractivity contribution in [2.75, 3.05) is 0 Å². The van der Waals surface area contributed by atoms with Crippen LogP contribution in [0.3, 0.4) is 0 Å². The number of alkyl halides is 1. The quantitative estimate of drug-likeness (QED) is 0.725. The maximum absolute atomic E-state index is 11.0. The van der Waals surface area contributed by atoms with Crippen molar-refractivity contribution in [1.29, 1.82) is 0 Å². The number of amides is 1. The molecule has 0 bridgehead atoms. The Balaban J connectivity index is 3.57. The van der Waals surface area contributed by atoms with Crippen molar-refractivity contribution in [3.63, 3.8) is 0 Å². The standard InChI is InChI=1S/C8H16BrNO/c1-4-5-8(11)10-7(3)6(2)9/h6-7H,4-5H2,1-3H3,(H,10,11)/t6?,7-/m1/s1. The molecule has 2 atom stereocenters. The van der Waals surface area contributed by atoms with Gasteiger partial charge < -0.3 is 5.32 Å². The first kappa shape index (κ1) is 11.0. The Hall–Kier alpha value is -0.0500. The molecule has 1 amide bonds. The first-order valence-corrected chi connectivity index (χ1v) is 4.93. The second-order valence-corrected chi connectivity index (χ2v) is 4.23. The van der Waals surface area contributed by atoms with E-state index in [1.807, 2.05) is 20.8 Å². The highest BCUT2D eigenvalue weighted by Crippen LogP contribution is 2.03. The SMILES string of the molecule is CCCC(=O)N[C@H](C)C(C)Br. The summed E-state index contributed by atoms with van der Waals surface area (Å²) in [5, 5.41) is 2.89. The molecule has 1 N–H and O–H groups in total. The molecule has 3 heteroatoms. The minimum absolute atomic E-state index is 0.145. The first-order chi connectivity index (χ1) is 5.07. The van der Waals surface area contributed by atoms with Crippen molar-refractivity contribution < 1.29 is 4.79 Å². The summed E-state index contributed by atoms with van der Waals surface area (Å²) >= 11 is 3.40. The Bertz CT molecular complexity index is 125. The van der Waals surface area contributed by atoms with Crippen LogP contribution in [0, 0.1) is 0 Å². The first-order valence-electron chi connectivity index (χ1n) is 4.01. The summed E-state index contributed by atoms with van der Waals surface area (Å²) in [6.07, 6.45) is 1.54. The molecule has 11 heavy (non-hydrogen) atoms. The third kappa shape index (κ3) is 5.24. The molecule has 0 aliphatic carbocycles. The van der Waals surface area contributed by atoms with Gasteiger partial charge >= 0.3 is 0 Å². The van der Waals surface area contributed by atoms with Crippen LogP contribution in [0.25, 0.3) is 0 Å². The van der Waals surface area contributed by atoms with Gasteiger partial charge in [0.05, 0.1) is 0 Å². The lowest BCUT2D eigenvalue weighted by molar-refractivity contribution is -0.121. The normalized spacial score (nSPS) is 15.6. The van der Waals surface area contributed by atoms with Crippen LogP contribution in [0.2, 0.25) is 0 Å². The molecule has 0 spiro atoms. The van der Waals surface area contributed by atoms with Crippen LogP contribution < -0.4 is 5.32 Å². The van der Waals surface area contributed by atoms with E-state index >= 15 is 0 Å². The van der Waals surface area contributed by atoms with Crippen molar-refractivity contribution >= 4 is 21.8 Å². The highest BCUT2D eigenvalue weighted by Gasteiger charge is 2.10. The number of hydrogen-bond acceptors (Lipinski definition) is 1. The monoisotopic (exact) mass is 221 g/mol. The van der Waals surface area contributed by atoms with Gasteiger partial charge in [-0.2, -0.15) is 0 Å². The van der Waals surface area contributed by atoms with Gasteiger partial charge in [0.2, 0.25) is 5.91 Å². The van der Waals surface area contributed by atoms with Crippen LogP contribution in [-0.2, 0) is 4.79 Å². The Morgan fingerprint density at radius 2 is 2.09 bits per heavy atom. The lowest BCUT2D eigenvalue weighted by Crippen LogP contribution is -2.37. The summed E-state index contributed by atoms with van der Waals surface area (Å²) in [4.78, 5) is 11.4. The van der Waals surface area contributed by atoms with E-state index in [1.54, 1.807) is 0 Å². The van der Waals surface area contributed by atoms with Gasteiger partial charge in [-0.3, -0.25) is 4.79 Å². The smallest absolute Gasteiger partial charge is 0.220 e. The molecule has 0 fully saturated rings. The molecular weight excluding hydrogens is 206 g/mol. The van der Waals surface area contributed by atoms with Crippen molar-refractivity contribution in [1.82, 2.24) is 5.32 Å². The van der Waals surface area contributed by atoms with E-state index in [1.165, 1.54) is 0 Å². The van der Waals surface area contributed by atoms with Crippen LogP contribution in [0.5, 0.6) is 0 Å². The number of carbonyl (C=O) groups is 1. The minimum Gasteiger partial charge on any atom is -0.353 e. The molecular formula is C8H16BrNO. The molecule has 0 saturated carbocycles. The van der Waals surface area contributed by atoms with Crippen LogP contribution in [-0.4, -0.2) is 16.8 Å². The fourth-order valence-electron chi connectivity index (χ4n) is 0.668. The summed E-state index contributed by atoms with van der Waals surface area (Å²) in [5.74, 6) is 0.145. The fourth-order valence-corrected chi connectivity index (χ4v) is 0.800. The van der Waals surface area contributed by atoms with Crippen LogP contribution in [0.4, 0.5) is 0 Å². The van der Waals surface area contributed by atoms with Crippen molar-refractivity contribution in [3.8, 4) is 0 Å². The Morgan fingerprint density at radius 3 is 2.45 bits per heavy atom. The lowest BCUT2D eigenvalue weighted by Gasteiger charge is -2.15. The Labute approximate surface area is 76.9 Å². The van der Waals surface area contributed by atoms with Gasteiger partial charge in [0.25, 0.3) is 0 Å². The van der Waals surface area contributed by atoms with Gasteiger partial charge in [-0.25, -0.2) is 0 Å². The highest BCUT2D eigenvalue weighted by atomic mass is 79.9. The maximum atomic E-state index is 11.0. The van der Waals surface area contributed by atoms with E-state index in [9.17, 15) is 4.79 Å². The van der Waals surface area contributed by atoms with Crippen molar-refractivity contribution in [2.45, 2.75) is 44.5 Å². The van der Waals surface area contributed by atoms with Crippen LogP contribution in [0.15, 0.2) is 0 Å². The number of hydrogen-bond donors (Lipinski definition) is 1. The summed E-state index contributed by atoms with van der Waals surface area (Å²) < 4.78 is 0. The topological polar surface area (TPSA) is 29.1 Å². The molecule has 0 rings (SSSR count). The zero-order valence-electron chi connectivity index (χ0n) is 7.36. The summed E-state index contributed by atoms with van der Waals surface area (Å²) in [6, 6.07) is 0.217.